The maximum absolute atomic E-state index is 13.5. The lowest BCUT2D eigenvalue weighted by Crippen LogP contribution is -2.38. The Balaban J connectivity index is 1.31. The first-order valence-electron chi connectivity index (χ1n) is 9.53. The van der Waals surface area contributed by atoms with Crippen LogP contribution < -0.4 is 5.32 Å². The summed E-state index contributed by atoms with van der Waals surface area (Å²) < 4.78 is 27.8. The standard InChI is InChI=1S/C21H22F2N4OS/c22-20(23)27-18-9-5-4-8-17(18)25-21(27)29-14-19(28)24-16-10-11-26(13-16)12-15-6-2-1-3-7-15/h1-9,16,20H,10-14H2,(H,24,28)/t16-/m1/s1. The van der Waals surface area contributed by atoms with E-state index < -0.39 is 6.55 Å². The number of carbonyl (C=O) groups excluding carboxylic acids is 1. The Hall–Kier alpha value is -2.45. The average Bonchev–Trinajstić information content (AvgIpc) is 3.31. The number of hydrogen-bond donors (Lipinski definition) is 1. The molecule has 8 heteroatoms. The highest BCUT2D eigenvalue weighted by Crippen LogP contribution is 2.29. The van der Waals surface area contributed by atoms with Crippen molar-refractivity contribution >= 4 is 28.7 Å². The van der Waals surface area contributed by atoms with Crippen LogP contribution in [0.1, 0.15) is 18.5 Å². The molecule has 3 aromatic rings. The summed E-state index contributed by atoms with van der Waals surface area (Å²) in [5.74, 6) is -0.0972. The molecule has 0 bridgehead atoms. The average molecular weight is 416 g/mol. The number of alkyl halides is 2. The lowest BCUT2D eigenvalue weighted by Gasteiger charge is -2.16. The van der Waals surface area contributed by atoms with Gasteiger partial charge >= 0.3 is 6.55 Å². The molecule has 1 amide bonds. The third-order valence-electron chi connectivity index (χ3n) is 4.98. The lowest BCUT2D eigenvalue weighted by atomic mass is 10.2. The summed E-state index contributed by atoms with van der Waals surface area (Å²) >= 11 is 1.04. The van der Waals surface area contributed by atoms with Crippen molar-refractivity contribution in [3.8, 4) is 0 Å². The zero-order chi connectivity index (χ0) is 20.2. The SMILES string of the molecule is O=C(CSc1nc2ccccc2n1C(F)F)N[C@@H]1CCN(Cc2ccccc2)C1. The fraction of sp³-hybridized carbons (Fsp3) is 0.333. The van der Waals surface area contributed by atoms with E-state index in [1.807, 2.05) is 18.2 Å². The van der Waals surface area contributed by atoms with Crippen molar-refractivity contribution in [2.24, 2.45) is 0 Å². The molecular formula is C21H22F2N4OS. The van der Waals surface area contributed by atoms with Gasteiger partial charge in [-0.05, 0) is 24.1 Å². The Morgan fingerprint density at radius 3 is 2.72 bits per heavy atom. The van der Waals surface area contributed by atoms with Crippen molar-refractivity contribution < 1.29 is 13.6 Å². The van der Waals surface area contributed by atoms with Gasteiger partial charge in [-0.3, -0.25) is 14.3 Å². The third-order valence-corrected chi connectivity index (χ3v) is 5.93. The van der Waals surface area contributed by atoms with Crippen LogP contribution in [-0.4, -0.2) is 45.2 Å². The van der Waals surface area contributed by atoms with E-state index in [9.17, 15) is 13.6 Å². The summed E-state index contributed by atoms with van der Waals surface area (Å²) in [6, 6.07) is 17.1. The van der Waals surface area contributed by atoms with Crippen LogP contribution in [0, 0.1) is 0 Å². The van der Waals surface area contributed by atoms with Gasteiger partial charge in [-0.15, -0.1) is 0 Å². The highest BCUT2D eigenvalue weighted by atomic mass is 32.2. The molecule has 2 aromatic carbocycles. The van der Waals surface area contributed by atoms with Crippen LogP contribution in [0.15, 0.2) is 59.8 Å². The monoisotopic (exact) mass is 416 g/mol. The van der Waals surface area contributed by atoms with Gasteiger partial charge < -0.3 is 5.32 Å². The number of nitrogens with one attached hydrogen (secondary N) is 1. The number of aromatic nitrogens is 2. The molecule has 5 nitrogen and oxygen atoms in total. The molecule has 152 valence electrons. The van der Waals surface area contributed by atoms with Gasteiger partial charge in [-0.2, -0.15) is 8.78 Å². The quantitative estimate of drug-likeness (QED) is 0.594. The molecule has 1 fully saturated rings. The molecule has 0 spiro atoms. The minimum atomic E-state index is -2.70. The molecule has 0 aliphatic carbocycles. The van der Waals surface area contributed by atoms with Gasteiger partial charge in [0.2, 0.25) is 5.91 Å². The predicted octanol–water partition coefficient (Wildman–Crippen LogP) is 3.91. The fourth-order valence-electron chi connectivity index (χ4n) is 3.65. The van der Waals surface area contributed by atoms with E-state index >= 15 is 0 Å². The molecule has 0 unspecified atom stereocenters. The van der Waals surface area contributed by atoms with Gasteiger partial charge in [0.05, 0.1) is 16.8 Å². The Morgan fingerprint density at radius 1 is 1.17 bits per heavy atom. The molecule has 1 aliphatic heterocycles. The maximum Gasteiger partial charge on any atom is 0.321 e. The van der Waals surface area contributed by atoms with Crippen molar-refractivity contribution in [3.05, 3.63) is 60.2 Å². The summed E-state index contributed by atoms with van der Waals surface area (Å²) in [6.45, 7) is -0.121. The number of imidazole rings is 1. The fourth-order valence-corrected chi connectivity index (χ4v) is 4.47. The van der Waals surface area contributed by atoms with Crippen LogP contribution >= 0.6 is 11.8 Å². The molecule has 2 heterocycles. The Bertz CT molecular complexity index is 979. The first-order chi connectivity index (χ1) is 14.1. The van der Waals surface area contributed by atoms with Crippen LogP contribution in [0.25, 0.3) is 11.0 Å². The predicted molar refractivity (Wildman–Crippen MR) is 110 cm³/mol. The first kappa shape index (κ1) is 19.8. The third kappa shape index (κ3) is 4.76. The van der Waals surface area contributed by atoms with Gasteiger partial charge in [-0.1, -0.05) is 54.2 Å². The largest absolute Gasteiger partial charge is 0.351 e. The zero-order valence-electron chi connectivity index (χ0n) is 15.8. The topological polar surface area (TPSA) is 50.2 Å². The van der Waals surface area contributed by atoms with E-state index in [1.165, 1.54) is 5.56 Å². The second kappa shape index (κ2) is 8.92. The van der Waals surface area contributed by atoms with Gasteiger partial charge in [0, 0.05) is 25.7 Å². The van der Waals surface area contributed by atoms with E-state index in [2.05, 4.69) is 27.3 Å². The highest BCUT2D eigenvalue weighted by molar-refractivity contribution is 7.99. The van der Waals surface area contributed by atoms with E-state index in [-0.39, 0.29) is 22.9 Å². The van der Waals surface area contributed by atoms with Crippen LogP contribution in [0.2, 0.25) is 0 Å². The molecule has 1 atom stereocenters. The summed E-state index contributed by atoms with van der Waals surface area (Å²) in [7, 11) is 0. The number of para-hydroxylation sites is 2. The number of fused-ring (bicyclic) bond motifs is 1. The zero-order valence-corrected chi connectivity index (χ0v) is 16.6. The van der Waals surface area contributed by atoms with E-state index in [0.29, 0.717) is 11.0 Å². The normalized spacial score (nSPS) is 17.3. The molecule has 1 N–H and O–H groups in total. The molecule has 1 aromatic heterocycles. The van der Waals surface area contributed by atoms with Crippen LogP contribution in [0.5, 0.6) is 0 Å². The van der Waals surface area contributed by atoms with E-state index in [1.54, 1.807) is 24.3 Å². The number of nitrogens with zero attached hydrogens (tertiary/aromatic N) is 3. The number of benzene rings is 2. The number of rotatable bonds is 7. The minimum absolute atomic E-state index is 0.0607. The molecule has 1 saturated heterocycles. The molecule has 4 rings (SSSR count). The number of hydrogen-bond acceptors (Lipinski definition) is 4. The van der Waals surface area contributed by atoms with Crippen LogP contribution in [0.4, 0.5) is 8.78 Å². The minimum Gasteiger partial charge on any atom is -0.351 e. The van der Waals surface area contributed by atoms with Crippen LogP contribution in [0.3, 0.4) is 0 Å². The Labute approximate surface area is 172 Å². The summed E-state index contributed by atoms with van der Waals surface area (Å²) in [5.41, 5.74) is 2.13. The summed E-state index contributed by atoms with van der Waals surface area (Å²) in [5, 5.41) is 3.18. The van der Waals surface area contributed by atoms with Gasteiger partial charge in [0.15, 0.2) is 5.16 Å². The van der Waals surface area contributed by atoms with E-state index in [4.69, 9.17) is 0 Å². The Kier molecular flexibility index (Phi) is 6.10. The summed E-state index contributed by atoms with van der Waals surface area (Å²) in [6.07, 6.45) is 0.888. The van der Waals surface area contributed by atoms with Crippen molar-refractivity contribution in [1.82, 2.24) is 19.8 Å². The number of thioether (sulfide) groups is 1. The van der Waals surface area contributed by atoms with Crippen LogP contribution in [-0.2, 0) is 11.3 Å². The lowest BCUT2D eigenvalue weighted by molar-refractivity contribution is -0.119. The summed E-state index contributed by atoms with van der Waals surface area (Å²) in [4.78, 5) is 18.9. The number of amides is 1. The number of halogens is 2. The second-order valence-electron chi connectivity index (χ2n) is 7.09. The second-order valence-corrected chi connectivity index (χ2v) is 8.04. The Morgan fingerprint density at radius 2 is 1.93 bits per heavy atom. The smallest absolute Gasteiger partial charge is 0.321 e. The molecular weight excluding hydrogens is 394 g/mol. The van der Waals surface area contributed by atoms with Crippen molar-refractivity contribution in [3.63, 3.8) is 0 Å². The molecule has 0 radical (unpaired) electrons. The van der Waals surface area contributed by atoms with Gasteiger partial charge in [-0.25, -0.2) is 4.98 Å². The maximum atomic E-state index is 13.5. The van der Waals surface area contributed by atoms with E-state index in [0.717, 1.165) is 42.4 Å². The van der Waals surface area contributed by atoms with Crippen molar-refractivity contribution in [2.75, 3.05) is 18.8 Å². The number of likely N-dealkylation sites (tertiary alicyclic amines) is 1. The molecule has 0 saturated carbocycles. The van der Waals surface area contributed by atoms with Gasteiger partial charge in [0.25, 0.3) is 0 Å². The first-order valence-corrected chi connectivity index (χ1v) is 10.5. The van der Waals surface area contributed by atoms with Crippen molar-refractivity contribution in [2.45, 2.75) is 30.7 Å². The number of carbonyl (C=O) groups is 1. The molecule has 1 aliphatic rings. The van der Waals surface area contributed by atoms with Gasteiger partial charge in [0.1, 0.15) is 0 Å². The van der Waals surface area contributed by atoms with Crippen molar-refractivity contribution in [1.29, 1.82) is 0 Å². The highest BCUT2D eigenvalue weighted by Gasteiger charge is 2.24. The molecule has 29 heavy (non-hydrogen) atoms.